The number of nitrogens with zero attached hydrogens (tertiary/aromatic N) is 2. The summed E-state index contributed by atoms with van der Waals surface area (Å²) in [5.74, 6) is 0.244. The van der Waals surface area contributed by atoms with Crippen LogP contribution in [0.2, 0.25) is 0 Å². The molecule has 3 aromatic carbocycles. The molecule has 1 aliphatic rings. The minimum absolute atomic E-state index is 0.187. The number of anilines is 1. The SMILES string of the molecule is CNc1ccc(-c2ccc(CCCC(=O)N3CCCC(c4cc5c(F)cccc5n4CCCOC)C3)cc2)cc1. The van der Waals surface area contributed by atoms with Crippen molar-refractivity contribution in [2.45, 2.75) is 51.0 Å². The molecule has 0 bridgehead atoms. The van der Waals surface area contributed by atoms with E-state index in [4.69, 9.17) is 4.74 Å². The fourth-order valence-electron chi connectivity index (χ4n) is 5.96. The van der Waals surface area contributed by atoms with Crippen LogP contribution in [0.5, 0.6) is 0 Å². The zero-order valence-corrected chi connectivity index (χ0v) is 23.7. The number of amides is 1. The maximum absolute atomic E-state index is 14.7. The highest BCUT2D eigenvalue weighted by atomic mass is 19.1. The average molecular weight is 542 g/mol. The molecule has 1 amide bonds. The predicted molar refractivity (Wildman–Crippen MR) is 161 cm³/mol. The van der Waals surface area contributed by atoms with E-state index in [1.54, 1.807) is 13.2 Å². The van der Waals surface area contributed by atoms with Crippen molar-refractivity contribution < 1.29 is 13.9 Å². The van der Waals surface area contributed by atoms with Crippen molar-refractivity contribution in [1.29, 1.82) is 0 Å². The number of hydrogen-bond donors (Lipinski definition) is 1. The van der Waals surface area contributed by atoms with Gasteiger partial charge in [0, 0.05) is 69.5 Å². The van der Waals surface area contributed by atoms with Crippen molar-refractivity contribution in [1.82, 2.24) is 9.47 Å². The largest absolute Gasteiger partial charge is 0.388 e. The highest BCUT2D eigenvalue weighted by molar-refractivity contribution is 5.82. The highest BCUT2D eigenvalue weighted by Gasteiger charge is 2.27. The molecule has 1 atom stereocenters. The Balaban J connectivity index is 1.18. The number of piperidine rings is 1. The van der Waals surface area contributed by atoms with Crippen LogP contribution in [-0.2, 0) is 22.5 Å². The first-order valence-electron chi connectivity index (χ1n) is 14.5. The lowest BCUT2D eigenvalue weighted by molar-refractivity contribution is -0.132. The number of ether oxygens (including phenoxy) is 1. The van der Waals surface area contributed by atoms with Crippen molar-refractivity contribution in [2.24, 2.45) is 0 Å². The first-order chi connectivity index (χ1) is 19.6. The van der Waals surface area contributed by atoms with E-state index >= 15 is 0 Å². The molecule has 6 heteroatoms. The molecule has 0 saturated carbocycles. The normalized spacial score (nSPS) is 15.5. The van der Waals surface area contributed by atoms with Crippen molar-refractivity contribution in [3.05, 3.63) is 89.9 Å². The number of likely N-dealkylation sites (tertiary alicyclic amines) is 1. The van der Waals surface area contributed by atoms with E-state index in [9.17, 15) is 9.18 Å². The maximum Gasteiger partial charge on any atom is 0.222 e. The average Bonchev–Trinajstić information content (AvgIpc) is 3.37. The topological polar surface area (TPSA) is 46.5 Å². The second-order valence-corrected chi connectivity index (χ2v) is 10.8. The van der Waals surface area contributed by atoms with Gasteiger partial charge in [-0.15, -0.1) is 0 Å². The van der Waals surface area contributed by atoms with E-state index in [0.29, 0.717) is 25.0 Å². The van der Waals surface area contributed by atoms with E-state index in [-0.39, 0.29) is 17.6 Å². The molecule has 210 valence electrons. The Hall–Kier alpha value is -3.64. The number of rotatable bonds is 11. The molecule has 0 radical (unpaired) electrons. The van der Waals surface area contributed by atoms with Gasteiger partial charge < -0.3 is 19.5 Å². The first kappa shape index (κ1) is 27.9. The lowest BCUT2D eigenvalue weighted by Gasteiger charge is -2.33. The molecule has 1 fully saturated rings. The zero-order chi connectivity index (χ0) is 27.9. The Morgan fingerprint density at radius 3 is 2.50 bits per heavy atom. The molecule has 1 N–H and O–H groups in total. The number of halogens is 1. The number of carbonyl (C=O) groups excluding carboxylic acids is 1. The predicted octanol–water partition coefficient (Wildman–Crippen LogP) is 7.25. The van der Waals surface area contributed by atoms with Gasteiger partial charge in [-0.3, -0.25) is 4.79 Å². The van der Waals surface area contributed by atoms with Gasteiger partial charge in [0.05, 0.1) is 5.52 Å². The molecule has 5 rings (SSSR count). The van der Waals surface area contributed by atoms with E-state index < -0.39 is 0 Å². The van der Waals surface area contributed by atoms with E-state index in [2.05, 4.69) is 58.4 Å². The summed E-state index contributed by atoms with van der Waals surface area (Å²) in [4.78, 5) is 15.2. The molecule has 40 heavy (non-hydrogen) atoms. The number of methoxy groups -OCH3 is 1. The monoisotopic (exact) mass is 541 g/mol. The van der Waals surface area contributed by atoms with E-state index in [1.165, 1.54) is 22.8 Å². The van der Waals surface area contributed by atoms with Crippen LogP contribution < -0.4 is 5.32 Å². The van der Waals surface area contributed by atoms with Gasteiger partial charge in [0.25, 0.3) is 0 Å². The van der Waals surface area contributed by atoms with Gasteiger partial charge >= 0.3 is 0 Å². The minimum atomic E-state index is -0.187. The summed E-state index contributed by atoms with van der Waals surface area (Å²) in [7, 11) is 3.63. The third-order valence-corrected chi connectivity index (χ3v) is 8.16. The second kappa shape index (κ2) is 13.1. The molecule has 5 nitrogen and oxygen atoms in total. The van der Waals surface area contributed by atoms with Crippen LogP contribution in [0, 0.1) is 5.82 Å². The van der Waals surface area contributed by atoms with Crippen molar-refractivity contribution in [3.8, 4) is 11.1 Å². The van der Waals surface area contributed by atoms with Gasteiger partial charge in [-0.05, 0) is 79.1 Å². The molecular weight excluding hydrogens is 501 g/mol. The molecule has 0 spiro atoms. The molecular formula is C34H40FN3O2. The zero-order valence-electron chi connectivity index (χ0n) is 23.7. The summed E-state index contributed by atoms with van der Waals surface area (Å²) in [5.41, 5.74) is 6.80. The van der Waals surface area contributed by atoms with Gasteiger partial charge in [0.1, 0.15) is 5.82 Å². The Bertz CT molecular complexity index is 1410. The number of benzene rings is 3. The second-order valence-electron chi connectivity index (χ2n) is 10.8. The van der Waals surface area contributed by atoms with Gasteiger partial charge in [-0.2, -0.15) is 0 Å². The minimum Gasteiger partial charge on any atom is -0.388 e. The van der Waals surface area contributed by atoms with Crippen molar-refractivity contribution in [3.63, 3.8) is 0 Å². The van der Waals surface area contributed by atoms with Crippen LogP contribution in [0.1, 0.15) is 49.3 Å². The summed E-state index contributed by atoms with van der Waals surface area (Å²) in [5, 5.41) is 3.82. The van der Waals surface area contributed by atoms with Crippen LogP contribution in [-0.4, -0.2) is 49.2 Å². The third-order valence-electron chi connectivity index (χ3n) is 8.16. The van der Waals surface area contributed by atoms with Crippen molar-refractivity contribution in [2.75, 3.05) is 39.2 Å². The lowest BCUT2D eigenvalue weighted by Crippen LogP contribution is -2.39. The molecule has 4 aromatic rings. The summed E-state index contributed by atoms with van der Waals surface area (Å²) >= 11 is 0. The van der Waals surface area contributed by atoms with Crippen LogP contribution in [0.3, 0.4) is 0 Å². The molecule has 1 aliphatic heterocycles. The van der Waals surface area contributed by atoms with Gasteiger partial charge in [-0.1, -0.05) is 42.5 Å². The fourth-order valence-corrected chi connectivity index (χ4v) is 5.96. The third kappa shape index (κ3) is 6.39. The quantitative estimate of drug-likeness (QED) is 0.203. The Kier molecular flexibility index (Phi) is 9.17. The lowest BCUT2D eigenvalue weighted by atomic mass is 9.94. The maximum atomic E-state index is 14.7. The Morgan fingerprint density at radius 2 is 1.77 bits per heavy atom. The number of carbonyl (C=O) groups is 1. The summed E-state index contributed by atoms with van der Waals surface area (Å²) in [6.07, 6.45) is 5.10. The van der Waals surface area contributed by atoms with Crippen LogP contribution >= 0.6 is 0 Å². The van der Waals surface area contributed by atoms with Crippen LogP contribution in [0.25, 0.3) is 22.0 Å². The highest BCUT2D eigenvalue weighted by Crippen LogP contribution is 2.33. The number of hydrogen-bond acceptors (Lipinski definition) is 3. The van der Waals surface area contributed by atoms with Crippen molar-refractivity contribution >= 4 is 22.5 Å². The van der Waals surface area contributed by atoms with Crippen LogP contribution in [0.15, 0.2) is 72.8 Å². The number of aromatic nitrogens is 1. The van der Waals surface area contributed by atoms with E-state index in [0.717, 1.165) is 62.1 Å². The summed E-state index contributed by atoms with van der Waals surface area (Å²) < 4.78 is 22.2. The fraction of sp³-hybridized carbons (Fsp3) is 0.382. The summed E-state index contributed by atoms with van der Waals surface area (Å²) in [6.45, 7) is 2.94. The van der Waals surface area contributed by atoms with Crippen LogP contribution in [0.4, 0.5) is 10.1 Å². The Labute approximate surface area is 237 Å². The van der Waals surface area contributed by atoms with E-state index in [1.807, 2.05) is 24.1 Å². The molecule has 1 aromatic heterocycles. The number of fused-ring (bicyclic) bond motifs is 1. The smallest absolute Gasteiger partial charge is 0.222 e. The van der Waals surface area contributed by atoms with Gasteiger partial charge in [0.2, 0.25) is 5.91 Å². The standard InChI is InChI=1S/C34H40FN3O2/c1-36-29-18-16-27(17-19-29)26-14-12-25(13-15-26)7-3-11-34(39)37-20-5-8-28(24-37)33-23-30-31(35)9-4-10-32(30)38(33)21-6-22-40-2/h4,9-10,12-19,23,28,36H,3,5-8,11,20-22,24H2,1-2H3. The molecule has 1 unspecified atom stereocenters. The summed E-state index contributed by atoms with van der Waals surface area (Å²) in [6, 6.07) is 24.4. The van der Waals surface area contributed by atoms with Gasteiger partial charge in [-0.25, -0.2) is 4.39 Å². The first-order valence-corrected chi connectivity index (χ1v) is 14.5. The molecule has 1 saturated heterocycles. The number of aryl methyl sites for hydroxylation is 2. The molecule has 2 heterocycles. The molecule has 0 aliphatic carbocycles. The van der Waals surface area contributed by atoms with Gasteiger partial charge in [0.15, 0.2) is 0 Å². The Morgan fingerprint density at radius 1 is 1.02 bits per heavy atom. The number of nitrogens with one attached hydrogen (secondary N) is 1.